The zero-order chi connectivity index (χ0) is 15.2. The van der Waals surface area contributed by atoms with E-state index in [2.05, 4.69) is 15.5 Å². The number of hydrogen-bond donors (Lipinski definition) is 1. The maximum atomic E-state index is 12.1. The van der Waals surface area contributed by atoms with Crippen LogP contribution < -0.4 is 5.32 Å². The Labute approximate surface area is 128 Å². The van der Waals surface area contributed by atoms with Crippen molar-refractivity contribution >= 4 is 17.8 Å². The molecule has 0 aliphatic carbocycles. The SMILES string of the molecule is O=C(C=Cc1ccco1)N1CCC(Nc2cccnn2)CC1. The lowest BCUT2D eigenvalue weighted by Crippen LogP contribution is -2.41. The van der Waals surface area contributed by atoms with Crippen LogP contribution in [0.25, 0.3) is 6.08 Å². The van der Waals surface area contributed by atoms with E-state index in [-0.39, 0.29) is 5.91 Å². The van der Waals surface area contributed by atoms with Gasteiger partial charge in [0.25, 0.3) is 0 Å². The van der Waals surface area contributed by atoms with Gasteiger partial charge in [0.1, 0.15) is 11.6 Å². The molecule has 22 heavy (non-hydrogen) atoms. The van der Waals surface area contributed by atoms with E-state index >= 15 is 0 Å². The second kappa shape index (κ2) is 6.89. The standard InChI is InChI=1S/C16H18N4O2/c21-16(6-5-14-3-2-12-22-14)20-10-7-13(8-11-20)18-15-4-1-9-17-19-15/h1-6,9,12-13H,7-8,10-11H2,(H,18,19). The van der Waals surface area contributed by atoms with Crippen LogP contribution in [0.4, 0.5) is 5.82 Å². The van der Waals surface area contributed by atoms with Crippen LogP contribution in [0.5, 0.6) is 0 Å². The number of rotatable bonds is 4. The highest BCUT2D eigenvalue weighted by Crippen LogP contribution is 2.15. The molecule has 3 heterocycles. The van der Waals surface area contributed by atoms with Gasteiger partial charge in [-0.3, -0.25) is 4.79 Å². The van der Waals surface area contributed by atoms with E-state index in [9.17, 15) is 4.79 Å². The molecule has 0 aromatic carbocycles. The molecule has 1 amide bonds. The van der Waals surface area contributed by atoms with E-state index in [0.29, 0.717) is 11.8 Å². The van der Waals surface area contributed by atoms with Gasteiger partial charge in [-0.2, -0.15) is 5.10 Å². The van der Waals surface area contributed by atoms with Crippen molar-refractivity contribution in [2.24, 2.45) is 0 Å². The second-order valence-electron chi connectivity index (χ2n) is 5.20. The molecule has 6 heteroatoms. The number of carbonyl (C=O) groups excluding carboxylic acids is 1. The van der Waals surface area contributed by atoms with Crippen molar-refractivity contribution in [3.63, 3.8) is 0 Å². The number of furan rings is 1. The Bertz CT molecular complexity index is 617. The summed E-state index contributed by atoms with van der Waals surface area (Å²) >= 11 is 0. The van der Waals surface area contributed by atoms with Gasteiger partial charge < -0.3 is 14.6 Å². The second-order valence-corrected chi connectivity index (χ2v) is 5.20. The molecular weight excluding hydrogens is 280 g/mol. The first-order valence-electron chi connectivity index (χ1n) is 7.36. The lowest BCUT2D eigenvalue weighted by molar-refractivity contribution is -0.126. The molecule has 1 saturated heterocycles. The molecule has 114 valence electrons. The number of nitrogens with zero attached hydrogens (tertiary/aromatic N) is 3. The first-order chi connectivity index (χ1) is 10.8. The maximum Gasteiger partial charge on any atom is 0.246 e. The minimum Gasteiger partial charge on any atom is -0.465 e. The van der Waals surface area contributed by atoms with Crippen molar-refractivity contribution in [2.75, 3.05) is 18.4 Å². The molecule has 0 saturated carbocycles. The summed E-state index contributed by atoms with van der Waals surface area (Å²) in [7, 11) is 0. The van der Waals surface area contributed by atoms with Gasteiger partial charge in [-0.05, 0) is 43.2 Å². The smallest absolute Gasteiger partial charge is 0.246 e. The molecule has 1 N–H and O–H groups in total. The van der Waals surface area contributed by atoms with Crippen molar-refractivity contribution < 1.29 is 9.21 Å². The minimum absolute atomic E-state index is 0.0225. The number of anilines is 1. The summed E-state index contributed by atoms with van der Waals surface area (Å²) in [6.45, 7) is 1.47. The van der Waals surface area contributed by atoms with Gasteiger partial charge in [-0.1, -0.05) is 0 Å². The van der Waals surface area contributed by atoms with Gasteiger partial charge in [0.05, 0.1) is 6.26 Å². The third-order valence-corrected chi connectivity index (χ3v) is 3.66. The molecule has 6 nitrogen and oxygen atoms in total. The number of piperidine rings is 1. The van der Waals surface area contributed by atoms with Gasteiger partial charge in [0.2, 0.25) is 5.91 Å². The molecule has 0 atom stereocenters. The van der Waals surface area contributed by atoms with E-state index in [1.165, 1.54) is 0 Å². The Morgan fingerprint density at radius 1 is 1.32 bits per heavy atom. The number of amides is 1. The fraction of sp³-hybridized carbons (Fsp3) is 0.312. The fourth-order valence-corrected chi connectivity index (χ4v) is 2.48. The Balaban J connectivity index is 1.48. The summed E-state index contributed by atoms with van der Waals surface area (Å²) in [6.07, 6.45) is 8.31. The zero-order valence-electron chi connectivity index (χ0n) is 12.2. The van der Waals surface area contributed by atoms with Crippen LogP contribution in [0.3, 0.4) is 0 Å². The summed E-state index contributed by atoms with van der Waals surface area (Å²) in [6, 6.07) is 7.70. The first-order valence-corrected chi connectivity index (χ1v) is 7.36. The largest absolute Gasteiger partial charge is 0.465 e. The van der Waals surface area contributed by atoms with E-state index in [1.54, 1.807) is 30.7 Å². The fourth-order valence-electron chi connectivity index (χ4n) is 2.48. The van der Waals surface area contributed by atoms with Gasteiger partial charge in [-0.25, -0.2) is 0 Å². The summed E-state index contributed by atoms with van der Waals surface area (Å²) in [5.74, 6) is 1.49. The summed E-state index contributed by atoms with van der Waals surface area (Å²) < 4.78 is 5.17. The quantitative estimate of drug-likeness (QED) is 0.876. The van der Waals surface area contributed by atoms with Crippen LogP contribution in [-0.4, -0.2) is 40.1 Å². The highest BCUT2D eigenvalue weighted by molar-refractivity contribution is 5.91. The molecule has 0 radical (unpaired) electrons. The third kappa shape index (κ3) is 3.72. The van der Waals surface area contributed by atoms with Gasteiger partial charge in [-0.15, -0.1) is 5.10 Å². The van der Waals surface area contributed by atoms with Crippen LogP contribution in [0.2, 0.25) is 0 Å². The normalized spacial score (nSPS) is 16.1. The summed E-state index contributed by atoms with van der Waals surface area (Å²) in [4.78, 5) is 14.0. The topological polar surface area (TPSA) is 71.3 Å². The van der Waals surface area contributed by atoms with Crippen LogP contribution in [0.15, 0.2) is 47.2 Å². The molecule has 1 aliphatic heterocycles. The van der Waals surface area contributed by atoms with Crippen LogP contribution >= 0.6 is 0 Å². The van der Waals surface area contributed by atoms with E-state index in [0.717, 1.165) is 31.7 Å². The maximum absolute atomic E-state index is 12.1. The average Bonchev–Trinajstić information content (AvgIpc) is 3.08. The number of nitrogens with one attached hydrogen (secondary N) is 1. The van der Waals surface area contributed by atoms with E-state index in [1.807, 2.05) is 23.1 Å². The Kier molecular flexibility index (Phi) is 4.48. The first kappa shape index (κ1) is 14.3. The monoisotopic (exact) mass is 298 g/mol. The molecule has 0 unspecified atom stereocenters. The minimum atomic E-state index is 0.0225. The molecule has 0 spiro atoms. The number of likely N-dealkylation sites (tertiary alicyclic amines) is 1. The van der Waals surface area contributed by atoms with Gasteiger partial charge >= 0.3 is 0 Å². The lowest BCUT2D eigenvalue weighted by atomic mass is 10.0. The highest BCUT2D eigenvalue weighted by Gasteiger charge is 2.21. The average molecular weight is 298 g/mol. The zero-order valence-corrected chi connectivity index (χ0v) is 12.2. The Hall–Kier alpha value is -2.63. The van der Waals surface area contributed by atoms with Crippen LogP contribution in [0.1, 0.15) is 18.6 Å². The van der Waals surface area contributed by atoms with Crippen molar-refractivity contribution in [1.29, 1.82) is 0 Å². The number of hydrogen-bond acceptors (Lipinski definition) is 5. The molecule has 1 aliphatic rings. The van der Waals surface area contributed by atoms with Crippen molar-refractivity contribution in [1.82, 2.24) is 15.1 Å². The van der Waals surface area contributed by atoms with Crippen molar-refractivity contribution in [3.05, 3.63) is 48.6 Å². The lowest BCUT2D eigenvalue weighted by Gasteiger charge is -2.31. The molecule has 1 fully saturated rings. The van der Waals surface area contributed by atoms with Crippen LogP contribution in [-0.2, 0) is 4.79 Å². The number of aromatic nitrogens is 2. The highest BCUT2D eigenvalue weighted by atomic mass is 16.3. The van der Waals surface area contributed by atoms with Gasteiger partial charge in [0.15, 0.2) is 0 Å². The molecule has 0 bridgehead atoms. The van der Waals surface area contributed by atoms with Crippen molar-refractivity contribution in [3.8, 4) is 0 Å². The van der Waals surface area contributed by atoms with Crippen LogP contribution in [0, 0.1) is 0 Å². The molecule has 2 aromatic heterocycles. The molecule has 3 rings (SSSR count). The summed E-state index contributed by atoms with van der Waals surface area (Å²) in [5, 5.41) is 11.2. The molecule has 2 aromatic rings. The summed E-state index contributed by atoms with van der Waals surface area (Å²) in [5.41, 5.74) is 0. The number of carbonyl (C=O) groups is 1. The predicted molar refractivity (Wildman–Crippen MR) is 83.0 cm³/mol. The molecular formula is C16H18N4O2. The third-order valence-electron chi connectivity index (χ3n) is 3.66. The Morgan fingerprint density at radius 2 is 2.18 bits per heavy atom. The van der Waals surface area contributed by atoms with Gasteiger partial charge in [0, 0.05) is 31.4 Å². The van der Waals surface area contributed by atoms with E-state index in [4.69, 9.17) is 4.42 Å². The predicted octanol–water partition coefficient (Wildman–Crippen LogP) is 2.19. The van der Waals surface area contributed by atoms with Crippen molar-refractivity contribution in [2.45, 2.75) is 18.9 Å². The van der Waals surface area contributed by atoms with E-state index < -0.39 is 0 Å². The Morgan fingerprint density at radius 3 is 2.86 bits per heavy atom.